The van der Waals surface area contributed by atoms with Crippen molar-refractivity contribution in [3.63, 3.8) is 0 Å². The summed E-state index contributed by atoms with van der Waals surface area (Å²) < 4.78 is 42.3. The molecule has 2 aromatic carbocycles. The molecule has 1 amide bonds. The third-order valence-corrected chi connectivity index (χ3v) is 7.24. The second-order valence-electron chi connectivity index (χ2n) is 7.06. The summed E-state index contributed by atoms with van der Waals surface area (Å²) in [6.07, 6.45) is 1.16. The van der Waals surface area contributed by atoms with Crippen LogP contribution in [0, 0.1) is 5.82 Å². The Balaban J connectivity index is 1.78. The van der Waals surface area contributed by atoms with Crippen LogP contribution in [0.25, 0.3) is 21.6 Å². The van der Waals surface area contributed by atoms with Gasteiger partial charge in [0.15, 0.2) is 9.84 Å². The number of nitrogens with zero attached hydrogens (tertiary/aromatic N) is 1. The minimum Gasteiger partial charge on any atom is -0.378 e. The number of morpholine rings is 1. The van der Waals surface area contributed by atoms with E-state index in [-0.39, 0.29) is 16.6 Å². The average Bonchev–Trinajstić information content (AvgIpc) is 3.19. The van der Waals surface area contributed by atoms with Crippen LogP contribution in [0.1, 0.15) is 9.67 Å². The first-order valence-electron chi connectivity index (χ1n) is 9.40. The molecule has 0 spiro atoms. The molecule has 0 saturated carbocycles. The molecule has 0 N–H and O–H groups in total. The Morgan fingerprint density at radius 2 is 1.60 bits per heavy atom. The van der Waals surface area contributed by atoms with Gasteiger partial charge in [0.1, 0.15) is 5.82 Å². The lowest BCUT2D eigenvalue weighted by Crippen LogP contribution is -2.40. The number of amides is 1. The van der Waals surface area contributed by atoms with Gasteiger partial charge in [0, 0.05) is 29.8 Å². The van der Waals surface area contributed by atoms with Gasteiger partial charge in [0.2, 0.25) is 0 Å². The maximum Gasteiger partial charge on any atom is 0.264 e. The molecular formula is C22H20FNO4S2. The fraction of sp³-hybridized carbons (Fsp3) is 0.227. The van der Waals surface area contributed by atoms with Crippen LogP contribution < -0.4 is 0 Å². The normalized spacial score (nSPS) is 14.7. The number of hydrogen-bond acceptors (Lipinski definition) is 5. The van der Waals surface area contributed by atoms with Crippen molar-refractivity contribution in [2.75, 3.05) is 32.6 Å². The van der Waals surface area contributed by atoms with Gasteiger partial charge < -0.3 is 9.64 Å². The first-order valence-corrected chi connectivity index (χ1v) is 12.1. The van der Waals surface area contributed by atoms with E-state index >= 15 is 0 Å². The van der Waals surface area contributed by atoms with Crippen LogP contribution >= 0.6 is 11.3 Å². The van der Waals surface area contributed by atoms with E-state index in [9.17, 15) is 17.6 Å². The van der Waals surface area contributed by atoms with Gasteiger partial charge >= 0.3 is 0 Å². The highest BCUT2D eigenvalue weighted by atomic mass is 32.2. The number of ether oxygens (including phenoxy) is 1. The second-order valence-corrected chi connectivity index (χ2v) is 10.1. The van der Waals surface area contributed by atoms with Crippen molar-refractivity contribution in [1.29, 1.82) is 0 Å². The van der Waals surface area contributed by atoms with Crippen LogP contribution in [0.3, 0.4) is 0 Å². The van der Waals surface area contributed by atoms with Crippen molar-refractivity contribution in [3.05, 3.63) is 65.3 Å². The van der Waals surface area contributed by atoms with E-state index in [0.29, 0.717) is 31.2 Å². The third-order valence-electron chi connectivity index (χ3n) is 4.94. The molecule has 4 rings (SSSR count). The number of benzene rings is 2. The summed E-state index contributed by atoms with van der Waals surface area (Å²) in [5.74, 6) is -0.398. The molecule has 30 heavy (non-hydrogen) atoms. The van der Waals surface area contributed by atoms with Crippen molar-refractivity contribution >= 4 is 27.1 Å². The standard InChI is InChI=1S/C22H20FNO4S2/c1-30(26,27)18-8-4-15(5-9-18)19-14-20(22(25)24-10-12-28-13-11-24)29-21(19)16-2-6-17(23)7-3-16/h2-9,14H,10-13H2,1H3. The highest BCUT2D eigenvalue weighted by molar-refractivity contribution is 7.90. The van der Waals surface area contributed by atoms with Gasteiger partial charge in [0.25, 0.3) is 5.91 Å². The van der Waals surface area contributed by atoms with Crippen LogP contribution in [-0.2, 0) is 14.6 Å². The molecule has 1 aliphatic rings. The number of sulfone groups is 1. The Morgan fingerprint density at radius 3 is 2.20 bits per heavy atom. The van der Waals surface area contributed by atoms with Crippen LogP contribution in [0.15, 0.2) is 59.5 Å². The summed E-state index contributed by atoms with van der Waals surface area (Å²) in [5, 5.41) is 0. The zero-order valence-corrected chi connectivity index (χ0v) is 17.9. The number of thiophene rings is 1. The number of hydrogen-bond donors (Lipinski definition) is 0. The van der Waals surface area contributed by atoms with E-state index in [1.54, 1.807) is 41.3 Å². The van der Waals surface area contributed by atoms with E-state index in [1.165, 1.54) is 23.5 Å². The van der Waals surface area contributed by atoms with Crippen molar-refractivity contribution in [3.8, 4) is 21.6 Å². The molecule has 0 unspecified atom stereocenters. The minimum atomic E-state index is -3.30. The highest BCUT2D eigenvalue weighted by Gasteiger charge is 2.23. The topological polar surface area (TPSA) is 63.7 Å². The van der Waals surface area contributed by atoms with Crippen molar-refractivity contribution in [2.45, 2.75) is 4.90 Å². The van der Waals surface area contributed by atoms with Gasteiger partial charge in [-0.2, -0.15) is 0 Å². The quantitative estimate of drug-likeness (QED) is 0.607. The lowest BCUT2D eigenvalue weighted by molar-refractivity contribution is 0.0306. The van der Waals surface area contributed by atoms with Gasteiger partial charge in [0.05, 0.1) is 23.0 Å². The van der Waals surface area contributed by atoms with E-state index < -0.39 is 9.84 Å². The van der Waals surface area contributed by atoms with Gasteiger partial charge in [-0.3, -0.25) is 4.79 Å². The van der Waals surface area contributed by atoms with Crippen LogP contribution in [0.5, 0.6) is 0 Å². The Morgan fingerprint density at radius 1 is 1.00 bits per heavy atom. The molecule has 5 nitrogen and oxygen atoms in total. The predicted molar refractivity (Wildman–Crippen MR) is 115 cm³/mol. The smallest absolute Gasteiger partial charge is 0.264 e. The van der Waals surface area contributed by atoms with Gasteiger partial charge in [-0.05, 0) is 41.5 Å². The molecular weight excluding hydrogens is 425 g/mol. The summed E-state index contributed by atoms with van der Waals surface area (Å²) in [7, 11) is -3.30. The maximum atomic E-state index is 13.4. The Bertz CT molecular complexity index is 1160. The molecule has 3 aromatic rings. The first kappa shape index (κ1) is 20.7. The van der Waals surface area contributed by atoms with Crippen LogP contribution in [0.2, 0.25) is 0 Å². The highest BCUT2D eigenvalue weighted by Crippen LogP contribution is 2.40. The van der Waals surface area contributed by atoms with E-state index in [1.807, 2.05) is 6.07 Å². The average molecular weight is 446 g/mol. The molecule has 156 valence electrons. The summed E-state index contributed by atoms with van der Waals surface area (Å²) in [5.41, 5.74) is 2.40. The SMILES string of the molecule is CS(=O)(=O)c1ccc(-c2cc(C(=O)N3CCOCC3)sc2-c2ccc(F)cc2)cc1. The number of rotatable bonds is 4. The van der Waals surface area contributed by atoms with Crippen LogP contribution in [-0.4, -0.2) is 51.8 Å². The number of carbonyl (C=O) groups is 1. The van der Waals surface area contributed by atoms with Crippen LogP contribution in [0.4, 0.5) is 4.39 Å². The molecule has 1 aliphatic heterocycles. The lowest BCUT2D eigenvalue weighted by atomic mass is 10.0. The Labute approximate surface area is 178 Å². The Hall–Kier alpha value is -2.55. The fourth-order valence-corrected chi connectivity index (χ4v) is 5.11. The minimum absolute atomic E-state index is 0.0642. The summed E-state index contributed by atoms with van der Waals surface area (Å²) in [4.78, 5) is 16.4. The fourth-order valence-electron chi connectivity index (χ4n) is 3.33. The van der Waals surface area contributed by atoms with Gasteiger partial charge in [-0.15, -0.1) is 11.3 Å². The molecule has 2 heterocycles. The monoisotopic (exact) mass is 445 g/mol. The summed E-state index contributed by atoms with van der Waals surface area (Å²) in [6.45, 7) is 2.12. The predicted octanol–water partition coefficient (Wildman–Crippen LogP) is 4.10. The van der Waals surface area contributed by atoms with Gasteiger partial charge in [-0.25, -0.2) is 12.8 Å². The first-order chi connectivity index (χ1) is 14.3. The third kappa shape index (κ3) is 4.30. The molecule has 0 aliphatic carbocycles. The molecule has 8 heteroatoms. The lowest BCUT2D eigenvalue weighted by Gasteiger charge is -2.26. The zero-order valence-electron chi connectivity index (χ0n) is 16.3. The van der Waals surface area contributed by atoms with Crippen molar-refractivity contribution in [2.24, 2.45) is 0 Å². The summed E-state index contributed by atoms with van der Waals surface area (Å²) >= 11 is 1.35. The summed E-state index contributed by atoms with van der Waals surface area (Å²) in [6, 6.07) is 14.5. The van der Waals surface area contributed by atoms with E-state index in [2.05, 4.69) is 0 Å². The molecule has 1 fully saturated rings. The number of carbonyl (C=O) groups excluding carboxylic acids is 1. The maximum absolute atomic E-state index is 13.4. The largest absolute Gasteiger partial charge is 0.378 e. The van der Waals surface area contributed by atoms with Gasteiger partial charge in [-0.1, -0.05) is 24.3 Å². The molecule has 0 atom stereocenters. The number of halogens is 1. The van der Waals surface area contributed by atoms with E-state index in [0.717, 1.165) is 27.8 Å². The molecule has 0 radical (unpaired) electrons. The van der Waals surface area contributed by atoms with E-state index in [4.69, 9.17) is 4.74 Å². The second kappa shape index (κ2) is 8.29. The Kier molecular flexibility index (Phi) is 5.73. The van der Waals surface area contributed by atoms with Crippen molar-refractivity contribution in [1.82, 2.24) is 4.90 Å². The zero-order chi connectivity index (χ0) is 21.3. The molecule has 1 aromatic heterocycles. The molecule has 0 bridgehead atoms. The van der Waals surface area contributed by atoms with Crippen molar-refractivity contribution < 1.29 is 22.3 Å². The molecule has 1 saturated heterocycles.